The Hall–Kier alpha value is -4.57. The van der Waals surface area contributed by atoms with Gasteiger partial charge in [0.15, 0.2) is 17.3 Å². The molecule has 0 bridgehead atoms. The number of aromatic nitrogens is 3. The number of aryl methyl sites for hydroxylation is 1. The molecule has 0 aliphatic rings. The van der Waals surface area contributed by atoms with E-state index in [0.29, 0.717) is 46.8 Å². The number of hydrogen-bond acceptors (Lipinski definition) is 8. The molecule has 12 heteroatoms. The first-order valence-electron chi connectivity index (χ1n) is 12.7. The van der Waals surface area contributed by atoms with Crippen molar-refractivity contribution in [3.63, 3.8) is 0 Å². The third kappa shape index (κ3) is 7.15. The second-order valence-electron chi connectivity index (χ2n) is 8.87. The monoisotopic (exact) mass is 577 g/mol. The zero-order valence-electron chi connectivity index (χ0n) is 22.3. The van der Waals surface area contributed by atoms with E-state index in [1.807, 2.05) is 56.3 Å². The maximum Gasteiger partial charge on any atom is 0.349 e. The number of hydrogen-bond donors (Lipinski definition) is 2. The van der Waals surface area contributed by atoms with E-state index in [2.05, 4.69) is 10.1 Å². The van der Waals surface area contributed by atoms with Crippen molar-refractivity contribution in [1.29, 1.82) is 0 Å². The summed E-state index contributed by atoms with van der Waals surface area (Å²) in [6.07, 6.45) is 4.50. The summed E-state index contributed by atoms with van der Waals surface area (Å²) in [5.74, 6) is 3.62. The first kappa shape index (κ1) is 28.0. The molecule has 0 saturated carbocycles. The van der Waals surface area contributed by atoms with E-state index >= 15 is 0 Å². The number of benzene rings is 2. The number of oxazole rings is 1. The summed E-state index contributed by atoms with van der Waals surface area (Å²) >= 11 is 0. The molecule has 0 unspecified atom stereocenters. The molecule has 3 aromatic heterocycles. The van der Waals surface area contributed by atoms with Crippen molar-refractivity contribution in [2.75, 3.05) is 6.61 Å². The molecule has 3 heterocycles. The van der Waals surface area contributed by atoms with Crippen LogP contribution >= 0.6 is 7.60 Å². The predicted molar refractivity (Wildman–Crippen MR) is 150 cm³/mol. The van der Waals surface area contributed by atoms with Gasteiger partial charge in [0, 0.05) is 12.0 Å². The van der Waals surface area contributed by atoms with Gasteiger partial charge in [-0.1, -0.05) is 24.3 Å². The van der Waals surface area contributed by atoms with Gasteiger partial charge in [-0.3, -0.25) is 4.57 Å². The van der Waals surface area contributed by atoms with Gasteiger partial charge in [-0.05, 0) is 61.9 Å². The van der Waals surface area contributed by atoms with E-state index in [9.17, 15) is 14.4 Å². The fourth-order valence-corrected chi connectivity index (χ4v) is 4.24. The molecule has 41 heavy (non-hydrogen) atoms. The van der Waals surface area contributed by atoms with Gasteiger partial charge in [0.25, 0.3) is 5.89 Å². The average molecular weight is 578 g/mol. The van der Waals surface area contributed by atoms with E-state index < -0.39 is 7.60 Å². The topological polar surface area (TPSA) is 142 Å². The van der Waals surface area contributed by atoms with Crippen molar-refractivity contribution in [3.05, 3.63) is 102 Å². The Bertz CT molecular complexity index is 1670. The Kier molecular flexibility index (Phi) is 8.39. The molecule has 0 fully saturated rings. The maximum atomic E-state index is 11.4. The summed E-state index contributed by atoms with van der Waals surface area (Å²) in [4.78, 5) is 23.1. The molecule has 2 aromatic carbocycles. The smallest absolute Gasteiger partial charge is 0.349 e. The lowest BCUT2D eigenvalue weighted by atomic mass is 10.2. The van der Waals surface area contributed by atoms with Crippen molar-refractivity contribution < 1.29 is 37.4 Å². The van der Waals surface area contributed by atoms with Crippen LogP contribution in [0.15, 0.2) is 87.8 Å². The zero-order chi connectivity index (χ0) is 28.8. The SMILES string of the molecule is CCOc1cc(COc2nn(-c3ccccc3)cc2/C=C/P(=O)(O)O)ccc1OCc1nc(-c2ccco2)oc1C. The van der Waals surface area contributed by atoms with Crippen LogP contribution in [0, 0.1) is 6.92 Å². The van der Waals surface area contributed by atoms with Gasteiger partial charge in [-0.15, -0.1) is 5.10 Å². The Morgan fingerprint density at radius 1 is 1.00 bits per heavy atom. The van der Waals surface area contributed by atoms with Crippen LogP contribution in [0.3, 0.4) is 0 Å². The minimum atomic E-state index is -4.37. The van der Waals surface area contributed by atoms with E-state index in [4.69, 9.17) is 23.0 Å². The molecule has 5 rings (SSSR count). The van der Waals surface area contributed by atoms with Crippen LogP contribution in [0.5, 0.6) is 17.4 Å². The second-order valence-corrected chi connectivity index (χ2v) is 10.3. The first-order chi connectivity index (χ1) is 19.8. The summed E-state index contributed by atoms with van der Waals surface area (Å²) < 4.78 is 41.9. The molecule has 5 aromatic rings. The molecule has 0 atom stereocenters. The highest BCUT2D eigenvalue weighted by Gasteiger charge is 2.16. The van der Waals surface area contributed by atoms with Crippen LogP contribution in [-0.4, -0.2) is 31.2 Å². The van der Waals surface area contributed by atoms with Gasteiger partial charge >= 0.3 is 7.60 Å². The van der Waals surface area contributed by atoms with Crippen LogP contribution in [-0.2, 0) is 17.8 Å². The lowest BCUT2D eigenvalue weighted by molar-refractivity contribution is 0.262. The standard InChI is InChI=1S/C29H28N3O8P/c1-3-36-27-16-21(11-12-25(27)38-19-24-20(2)40-29(30-24)26-10-7-14-37-26)18-39-28-22(13-15-41(33,34)35)17-32(31-28)23-8-5-4-6-9-23/h4-17H,3,18-19H2,1-2H3,(H2,33,34,35)/b15-13+. The zero-order valence-corrected chi connectivity index (χ0v) is 23.2. The average Bonchev–Trinajstić information content (AvgIpc) is 3.71. The summed E-state index contributed by atoms with van der Waals surface area (Å²) in [6.45, 7) is 4.39. The van der Waals surface area contributed by atoms with Crippen LogP contribution in [0.2, 0.25) is 0 Å². The van der Waals surface area contributed by atoms with Crippen LogP contribution in [0.1, 0.15) is 29.5 Å². The minimum Gasteiger partial charge on any atom is -0.490 e. The highest BCUT2D eigenvalue weighted by Crippen LogP contribution is 2.38. The summed E-state index contributed by atoms with van der Waals surface area (Å²) in [7, 11) is -4.37. The minimum absolute atomic E-state index is 0.123. The van der Waals surface area contributed by atoms with Crippen molar-refractivity contribution in [2.45, 2.75) is 27.1 Å². The molecule has 0 amide bonds. The van der Waals surface area contributed by atoms with Crippen molar-refractivity contribution >= 4 is 13.7 Å². The number of nitrogens with zero attached hydrogens (tertiary/aromatic N) is 3. The summed E-state index contributed by atoms with van der Waals surface area (Å²) in [5.41, 5.74) is 2.60. The Morgan fingerprint density at radius 3 is 2.56 bits per heavy atom. The summed E-state index contributed by atoms with van der Waals surface area (Å²) in [5, 5.41) is 4.48. The third-order valence-corrected chi connectivity index (χ3v) is 6.39. The molecular weight excluding hydrogens is 549 g/mol. The van der Waals surface area contributed by atoms with E-state index in [0.717, 1.165) is 17.1 Å². The van der Waals surface area contributed by atoms with Gasteiger partial charge < -0.3 is 32.8 Å². The fraction of sp³-hybridized carbons (Fsp3) is 0.172. The summed E-state index contributed by atoms with van der Waals surface area (Å²) in [6, 6.07) is 18.3. The number of para-hydroxylation sites is 1. The van der Waals surface area contributed by atoms with E-state index in [-0.39, 0.29) is 19.1 Å². The molecule has 0 spiro atoms. The largest absolute Gasteiger partial charge is 0.490 e. The van der Waals surface area contributed by atoms with Crippen molar-refractivity contribution in [1.82, 2.24) is 14.8 Å². The Labute approximate surface area is 235 Å². The van der Waals surface area contributed by atoms with Gasteiger partial charge in [-0.25, -0.2) is 9.67 Å². The number of rotatable bonds is 12. The van der Waals surface area contributed by atoms with Crippen LogP contribution in [0.4, 0.5) is 0 Å². The lowest BCUT2D eigenvalue weighted by Gasteiger charge is -2.13. The normalized spacial score (nSPS) is 11.7. The van der Waals surface area contributed by atoms with E-state index in [1.165, 1.54) is 6.08 Å². The molecule has 0 aliphatic carbocycles. The molecule has 0 radical (unpaired) electrons. The van der Waals surface area contributed by atoms with Gasteiger partial charge in [0.2, 0.25) is 5.88 Å². The van der Waals surface area contributed by atoms with Crippen LogP contribution < -0.4 is 14.2 Å². The number of furan rings is 1. The molecular formula is C29H28N3O8P. The van der Waals surface area contributed by atoms with Crippen molar-refractivity contribution in [3.8, 4) is 34.7 Å². The molecule has 212 valence electrons. The quantitative estimate of drug-likeness (QED) is 0.166. The van der Waals surface area contributed by atoms with Crippen LogP contribution in [0.25, 0.3) is 23.4 Å². The highest BCUT2D eigenvalue weighted by atomic mass is 31.2. The second kappa shape index (κ2) is 12.3. The van der Waals surface area contributed by atoms with Gasteiger partial charge in [0.05, 0.1) is 24.1 Å². The fourth-order valence-electron chi connectivity index (χ4n) is 3.88. The molecule has 0 aliphatic heterocycles. The van der Waals surface area contributed by atoms with E-state index in [1.54, 1.807) is 35.3 Å². The molecule has 2 N–H and O–H groups in total. The highest BCUT2D eigenvalue weighted by molar-refractivity contribution is 7.55. The molecule has 11 nitrogen and oxygen atoms in total. The molecule has 0 saturated heterocycles. The van der Waals surface area contributed by atoms with Crippen molar-refractivity contribution in [2.24, 2.45) is 0 Å². The first-order valence-corrected chi connectivity index (χ1v) is 14.4. The maximum absolute atomic E-state index is 11.4. The number of ether oxygens (including phenoxy) is 3. The predicted octanol–water partition coefficient (Wildman–Crippen LogP) is 6.13. The van der Waals surface area contributed by atoms with Gasteiger partial charge in [-0.2, -0.15) is 0 Å². The lowest BCUT2D eigenvalue weighted by Crippen LogP contribution is -2.03. The van der Waals surface area contributed by atoms with Gasteiger partial charge in [0.1, 0.15) is 24.7 Å². The third-order valence-electron chi connectivity index (χ3n) is 5.85. The Morgan fingerprint density at radius 2 is 1.83 bits per heavy atom. The Balaban J connectivity index is 1.32.